The number of rotatable bonds is 8. The summed E-state index contributed by atoms with van der Waals surface area (Å²) in [6, 6.07) is 47.1. The summed E-state index contributed by atoms with van der Waals surface area (Å²) in [7, 11) is 0. The van der Waals surface area contributed by atoms with Crippen molar-refractivity contribution >= 4 is 33.5 Å². The number of ether oxygens (including phenoxy) is 4. The highest BCUT2D eigenvalue weighted by Crippen LogP contribution is 2.43. The summed E-state index contributed by atoms with van der Waals surface area (Å²) in [5.74, 6) is 1.97. The third kappa shape index (κ3) is 6.00. The Morgan fingerprint density at radius 1 is 0.348 bits per heavy atom. The highest BCUT2D eigenvalue weighted by atomic mass is 16.5. The van der Waals surface area contributed by atoms with Gasteiger partial charge in [-0.25, -0.2) is 9.59 Å². The lowest BCUT2D eigenvalue weighted by Gasteiger charge is -2.17. The molecule has 0 amide bonds. The lowest BCUT2D eigenvalue weighted by molar-refractivity contribution is 0.0726. The van der Waals surface area contributed by atoms with E-state index in [-0.39, 0.29) is 0 Å². The highest BCUT2D eigenvalue weighted by molar-refractivity contribution is 6.13. The number of carbonyl (C=O) groups is 2. The van der Waals surface area contributed by atoms with Crippen molar-refractivity contribution in [3.63, 3.8) is 0 Å². The molecule has 0 spiro atoms. The van der Waals surface area contributed by atoms with Crippen molar-refractivity contribution in [1.29, 1.82) is 0 Å². The number of benzene rings is 7. The molecule has 7 aromatic carbocycles. The molecule has 0 saturated carbocycles. The molecular formula is C40H26O6. The third-order valence-electron chi connectivity index (χ3n) is 7.32. The maximum atomic E-state index is 13.5. The van der Waals surface area contributed by atoms with Crippen LogP contribution in [0.3, 0.4) is 0 Å². The number of fused-ring (bicyclic) bond motifs is 2. The van der Waals surface area contributed by atoms with E-state index in [2.05, 4.69) is 0 Å². The van der Waals surface area contributed by atoms with Gasteiger partial charge in [0.05, 0.1) is 11.1 Å². The predicted octanol–water partition coefficient (Wildman–Crippen LogP) is 10.0. The molecule has 0 fully saturated rings. The van der Waals surface area contributed by atoms with E-state index >= 15 is 0 Å². The van der Waals surface area contributed by atoms with E-state index in [1.54, 1.807) is 48.5 Å². The van der Waals surface area contributed by atoms with Crippen molar-refractivity contribution < 1.29 is 28.5 Å². The standard InChI is InChI=1S/C40H26O6/c41-39(27-13-11-19-31(25-27)43-29-15-3-1-4-16-29)45-37-33-21-7-9-23-35(33)38(36-24-10-8-22-34(36)37)46-40(42)28-14-12-20-32(26-28)44-30-17-5-2-6-18-30/h1-26H. The monoisotopic (exact) mass is 602 g/mol. The average molecular weight is 603 g/mol. The molecule has 7 aromatic rings. The second kappa shape index (κ2) is 12.7. The van der Waals surface area contributed by atoms with Crippen LogP contribution in [-0.4, -0.2) is 11.9 Å². The first kappa shape index (κ1) is 28.4. The Kier molecular flexibility index (Phi) is 7.82. The first-order chi connectivity index (χ1) is 22.6. The minimum absolute atomic E-state index is 0.328. The molecule has 0 heterocycles. The Balaban J connectivity index is 1.21. The molecule has 222 valence electrons. The summed E-state index contributed by atoms with van der Waals surface area (Å²) >= 11 is 0. The van der Waals surface area contributed by atoms with Crippen LogP contribution in [0.25, 0.3) is 21.5 Å². The summed E-state index contributed by atoms with van der Waals surface area (Å²) in [4.78, 5) is 27.1. The summed E-state index contributed by atoms with van der Waals surface area (Å²) in [6.07, 6.45) is 0. The summed E-state index contributed by atoms with van der Waals surface area (Å²) in [5, 5.41) is 2.48. The van der Waals surface area contributed by atoms with Crippen LogP contribution in [0.1, 0.15) is 20.7 Å². The van der Waals surface area contributed by atoms with Crippen LogP contribution in [-0.2, 0) is 0 Å². The van der Waals surface area contributed by atoms with E-state index < -0.39 is 11.9 Å². The topological polar surface area (TPSA) is 71.1 Å². The van der Waals surface area contributed by atoms with Gasteiger partial charge < -0.3 is 18.9 Å². The fourth-order valence-corrected chi connectivity index (χ4v) is 5.19. The lowest BCUT2D eigenvalue weighted by Crippen LogP contribution is -2.11. The lowest BCUT2D eigenvalue weighted by atomic mass is 10.0. The van der Waals surface area contributed by atoms with Gasteiger partial charge in [-0.3, -0.25) is 0 Å². The average Bonchev–Trinajstić information content (AvgIpc) is 3.10. The Morgan fingerprint density at radius 2 is 0.674 bits per heavy atom. The third-order valence-corrected chi connectivity index (χ3v) is 7.32. The number of esters is 2. The van der Waals surface area contributed by atoms with Gasteiger partial charge in [0.2, 0.25) is 0 Å². The number of hydrogen-bond acceptors (Lipinski definition) is 6. The zero-order chi connectivity index (χ0) is 31.3. The fraction of sp³-hybridized carbons (Fsp3) is 0. The van der Waals surface area contributed by atoms with Crippen molar-refractivity contribution in [2.24, 2.45) is 0 Å². The Morgan fingerprint density at radius 3 is 1.04 bits per heavy atom. The van der Waals surface area contributed by atoms with Crippen molar-refractivity contribution in [3.8, 4) is 34.5 Å². The minimum Gasteiger partial charge on any atom is -0.457 e. The molecule has 6 heteroatoms. The smallest absolute Gasteiger partial charge is 0.343 e. The van der Waals surface area contributed by atoms with Crippen LogP contribution in [0.15, 0.2) is 158 Å². The Bertz CT molecular complexity index is 1980. The molecule has 0 unspecified atom stereocenters. The van der Waals surface area contributed by atoms with E-state index in [0.29, 0.717) is 67.2 Å². The van der Waals surface area contributed by atoms with E-state index in [9.17, 15) is 9.59 Å². The largest absolute Gasteiger partial charge is 0.457 e. The van der Waals surface area contributed by atoms with Gasteiger partial charge in [-0.05, 0) is 60.7 Å². The van der Waals surface area contributed by atoms with Crippen LogP contribution in [0.4, 0.5) is 0 Å². The van der Waals surface area contributed by atoms with Crippen LogP contribution in [0.2, 0.25) is 0 Å². The summed E-state index contributed by atoms with van der Waals surface area (Å²) in [5.41, 5.74) is 0.657. The SMILES string of the molecule is O=C(Oc1c2ccccc2c(OC(=O)c2cccc(Oc3ccccc3)c2)c2ccccc12)c1cccc(Oc2ccccc2)c1. The predicted molar refractivity (Wildman–Crippen MR) is 177 cm³/mol. The van der Waals surface area contributed by atoms with E-state index in [1.165, 1.54) is 0 Å². The minimum atomic E-state index is -0.547. The van der Waals surface area contributed by atoms with Crippen molar-refractivity contribution in [1.82, 2.24) is 0 Å². The Hall–Kier alpha value is -6.40. The quantitative estimate of drug-likeness (QED) is 0.0979. The zero-order valence-electron chi connectivity index (χ0n) is 24.5. The van der Waals surface area contributed by atoms with Gasteiger partial charge in [0, 0.05) is 21.5 Å². The van der Waals surface area contributed by atoms with Gasteiger partial charge in [-0.2, -0.15) is 0 Å². The van der Waals surface area contributed by atoms with E-state index in [1.807, 2.05) is 109 Å². The van der Waals surface area contributed by atoms with Gasteiger partial charge in [0.15, 0.2) is 0 Å². The molecule has 46 heavy (non-hydrogen) atoms. The molecular weight excluding hydrogens is 576 g/mol. The molecule has 0 radical (unpaired) electrons. The van der Waals surface area contributed by atoms with Crippen LogP contribution in [0.5, 0.6) is 34.5 Å². The first-order valence-corrected chi connectivity index (χ1v) is 14.7. The van der Waals surface area contributed by atoms with Gasteiger partial charge in [0.1, 0.15) is 34.5 Å². The summed E-state index contributed by atoms with van der Waals surface area (Å²) < 4.78 is 24.0. The van der Waals surface area contributed by atoms with E-state index in [0.717, 1.165) is 0 Å². The maximum Gasteiger partial charge on any atom is 0.343 e. The van der Waals surface area contributed by atoms with E-state index in [4.69, 9.17) is 18.9 Å². The second-order valence-electron chi connectivity index (χ2n) is 10.4. The number of hydrogen-bond donors (Lipinski definition) is 0. The van der Waals surface area contributed by atoms with Crippen LogP contribution < -0.4 is 18.9 Å². The number of para-hydroxylation sites is 2. The molecule has 0 N–H and O–H groups in total. The molecule has 0 aliphatic carbocycles. The maximum absolute atomic E-state index is 13.5. The van der Waals surface area contributed by atoms with Gasteiger partial charge in [-0.15, -0.1) is 0 Å². The molecule has 0 aliphatic heterocycles. The van der Waals surface area contributed by atoms with Gasteiger partial charge >= 0.3 is 11.9 Å². The van der Waals surface area contributed by atoms with Crippen molar-refractivity contribution in [2.75, 3.05) is 0 Å². The summed E-state index contributed by atoms with van der Waals surface area (Å²) in [6.45, 7) is 0. The van der Waals surface area contributed by atoms with Crippen LogP contribution >= 0.6 is 0 Å². The normalized spacial score (nSPS) is 10.8. The molecule has 0 saturated heterocycles. The van der Waals surface area contributed by atoms with Gasteiger partial charge in [0.25, 0.3) is 0 Å². The first-order valence-electron chi connectivity index (χ1n) is 14.7. The zero-order valence-corrected chi connectivity index (χ0v) is 24.5. The van der Waals surface area contributed by atoms with Gasteiger partial charge in [-0.1, -0.05) is 97.1 Å². The molecule has 6 nitrogen and oxygen atoms in total. The molecule has 0 aliphatic rings. The molecule has 7 rings (SSSR count). The Labute approximate surface area is 265 Å². The van der Waals surface area contributed by atoms with Crippen molar-refractivity contribution in [3.05, 3.63) is 169 Å². The molecule has 0 atom stereocenters. The van der Waals surface area contributed by atoms with Crippen molar-refractivity contribution in [2.45, 2.75) is 0 Å². The fourth-order valence-electron chi connectivity index (χ4n) is 5.19. The van der Waals surface area contributed by atoms with Crippen LogP contribution in [0, 0.1) is 0 Å². The molecule has 0 aromatic heterocycles. The number of carbonyl (C=O) groups excluding carboxylic acids is 2. The molecule has 0 bridgehead atoms. The second-order valence-corrected chi connectivity index (χ2v) is 10.4. The highest BCUT2D eigenvalue weighted by Gasteiger charge is 2.21.